The first-order valence-electron chi connectivity index (χ1n) is 7.50. The van der Waals surface area contributed by atoms with E-state index in [2.05, 4.69) is 6.58 Å². The molecule has 0 aliphatic carbocycles. The normalized spacial score (nSPS) is 25.9. The predicted octanol–water partition coefficient (Wildman–Crippen LogP) is 1.46. The van der Waals surface area contributed by atoms with Gasteiger partial charge in [0.05, 0.1) is 24.7 Å². The lowest BCUT2D eigenvalue weighted by atomic mass is 9.99. The molecule has 4 atom stereocenters. The molecule has 1 saturated heterocycles. The second kappa shape index (κ2) is 6.57. The van der Waals surface area contributed by atoms with Crippen LogP contribution in [0.3, 0.4) is 0 Å². The number of urea groups is 1. The number of carbonyl (C=O) groups excluding carboxylic acids is 2. The number of carbonyl (C=O) groups is 2. The Morgan fingerprint density at radius 2 is 2.26 bits per heavy atom. The molecule has 0 unspecified atom stereocenters. The Balaban J connectivity index is 2.07. The first-order chi connectivity index (χ1) is 10.8. The van der Waals surface area contributed by atoms with Gasteiger partial charge >= 0.3 is 18.4 Å². The molecule has 0 spiro atoms. The Morgan fingerprint density at radius 1 is 1.61 bits per heavy atom. The summed E-state index contributed by atoms with van der Waals surface area (Å²) in [4.78, 5) is 30.3. The topological polar surface area (TPSA) is 85.1 Å². The molecular formula is C15H22FN3O4. The summed E-state index contributed by atoms with van der Waals surface area (Å²) in [5, 5.41) is 0.856. The summed E-state index contributed by atoms with van der Waals surface area (Å²) in [6.07, 6.45) is -0.466. The lowest BCUT2D eigenvalue weighted by molar-refractivity contribution is -0.225. The predicted molar refractivity (Wildman–Crippen MR) is 80.4 cm³/mol. The summed E-state index contributed by atoms with van der Waals surface area (Å²) in [6.45, 7) is 9.23. The standard InChI is InChI=1S/C15H22FN3O4/c1-5-9(3)22-14(20)13(16)23-19-11-6-8(2)12(10(4)17)18(7-11)15(19)21/h6,9,11-13H,4-5,7,17H2,1-3H3/t9-,11+,12-,13+/m0/s1. The van der Waals surface area contributed by atoms with Crippen LogP contribution in [0.5, 0.6) is 0 Å². The Kier molecular flexibility index (Phi) is 4.93. The van der Waals surface area contributed by atoms with Crippen molar-refractivity contribution in [1.29, 1.82) is 0 Å². The van der Waals surface area contributed by atoms with Crippen molar-refractivity contribution in [1.82, 2.24) is 9.96 Å². The van der Waals surface area contributed by atoms with Crippen molar-refractivity contribution in [2.24, 2.45) is 5.73 Å². The van der Waals surface area contributed by atoms with Crippen LogP contribution in [0.1, 0.15) is 27.2 Å². The molecule has 7 nitrogen and oxygen atoms in total. The quantitative estimate of drug-likeness (QED) is 0.590. The van der Waals surface area contributed by atoms with Crippen molar-refractivity contribution >= 4 is 12.0 Å². The molecule has 2 aliphatic rings. The fourth-order valence-electron chi connectivity index (χ4n) is 2.69. The van der Waals surface area contributed by atoms with Crippen molar-refractivity contribution in [3.63, 3.8) is 0 Å². The van der Waals surface area contributed by atoms with Crippen molar-refractivity contribution in [3.8, 4) is 0 Å². The molecule has 2 rings (SSSR count). The molecule has 8 heteroatoms. The Hall–Kier alpha value is -2.09. The van der Waals surface area contributed by atoms with Gasteiger partial charge in [0.15, 0.2) is 0 Å². The average molecular weight is 327 g/mol. The highest BCUT2D eigenvalue weighted by Crippen LogP contribution is 2.31. The van der Waals surface area contributed by atoms with Crippen LogP contribution in [0.15, 0.2) is 23.9 Å². The third kappa shape index (κ3) is 3.31. The van der Waals surface area contributed by atoms with Crippen molar-refractivity contribution in [2.75, 3.05) is 6.54 Å². The lowest BCUT2D eigenvalue weighted by Crippen LogP contribution is -2.43. The molecule has 2 N–H and O–H groups in total. The zero-order valence-electron chi connectivity index (χ0n) is 13.5. The van der Waals surface area contributed by atoms with Crippen molar-refractivity contribution in [2.45, 2.75) is 51.7 Å². The summed E-state index contributed by atoms with van der Waals surface area (Å²) in [5.74, 6) is -1.15. The molecule has 2 amide bonds. The van der Waals surface area contributed by atoms with Crippen LogP contribution in [-0.2, 0) is 14.4 Å². The lowest BCUT2D eigenvalue weighted by Gasteiger charge is -2.30. The first kappa shape index (κ1) is 17.3. The number of esters is 1. The maximum absolute atomic E-state index is 14.0. The minimum Gasteiger partial charge on any atom is -0.459 e. The number of hydrogen-bond donors (Lipinski definition) is 1. The molecule has 23 heavy (non-hydrogen) atoms. The molecule has 0 saturated carbocycles. The minimum atomic E-state index is -2.36. The number of nitrogens with two attached hydrogens (primary N) is 1. The number of ether oxygens (including phenoxy) is 1. The van der Waals surface area contributed by atoms with Crippen LogP contribution in [0.2, 0.25) is 0 Å². The number of amides is 2. The summed E-state index contributed by atoms with van der Waals surface area (Å²) in [7, 11) is 0. The van der Waals surface area contributed by atoms with E-state index in [9.17, 15) is 14.0 Å². The number of nitrogens with zero attached hydrogens (tertiary/aromatic N) is 2. The zero-order chi connectivity index (χ0) is 17.3. The molecule has 128 valence electrons. The number of alkyl halides is 1. The molecule has 0 radical (unpaired) electrons. The van der Waals surface area contributed by atoms with Gasteiger partial charge in [0, 0.05) is 5.70 Å². The van der Waals surface area contributed by atoms with Gasteiger partial charge in [-0.15, -0.1) is 0 Å². The minimum absolute atomic E-state index is 0.296. The van der Waals surface area contributed by atoms with Gasteiger partial charge in [0.2, 0.25) is 0 Å². The van der Waals surface area contributed by atoms with Gasteiger partial charge in [-0.3, -0.25) is 0 Å². The van der Waals surface area contributed by atoms with Crippen LogP contribution in [0.4, 0.5) is 9.18 Å². The average Bonchev–Trinajstić information content (AvgIpc) is 2.71. The third-order valence-corrected chi connectivity index (χ3v) is 3.95. The zero-order valence-corrected chi connectivity index (χ0v) is 13.5. The molecule has 2 aliphatic heterocycles. The van der Waals surface area contributed by atoms with E-state index in [0.29, 0.717) is 18.7 Å². The molecular weight excluding hydrogens is 305 g/mol. The second-order valence-electron chi connectivity index (χ2n) is 5.79. The maximum atomic E-state index is 14.0. The fraction of sp³-hybridized carbons (Fsp3) is 0.600. The highest BCUT2D eigenvalue weighted by Gasteiger charge is 2.47. The largest absolute Gasteiger partial charge is 0.459 e. The van der Waals surface area contributed by atoms with Crippen LogP contribution >= 0.6 is 0 Å². The number of hydrogen-bond acceptors (Lipinski definition) is 5. The van der Waals surface area contributed by atoms with Gasteiger partial charge in [-0.1, -0.05) is 19.6 Å². The molecule has 1 fully saturated rings. The molecule has 2 heterocycles. The van der Waals surface area contributed by atoms with Gasteiger partial charge in [-0.25, -0.2) is 18.8 Å². The van der Waals surface area contributed by atoms with Crippen LogP contribution < -0.4 is 5.73 Å². The Morgan fingerprint density at radius 3 is 2.83 bits per heavy atom. The summed E-state index contributed by atoms with van der Waals surface area (Å²) < 4.78 is 18.8. The smallest absolute Gasteiger partial charge is 0.371 e. The van der Waals surface area contributed by atoms with E-state index < -0.39 is 36.5 Å². The SMILES string of the molecule is C=C(N)[C@@H]1C(C)=C[C@@H]2CN1C(=O)N2O[C@@H](F)C(=O)O[C@@H](C)CC. The van der Waals surface area contributed by atoms with Gasteiger partial charge in [0.25, 0.3) is 0 Å². The monoisotopic (exact) mass is 327 g/mol. The van der Waals surface area contributed by atoms with E-state index in [4.69, 9.17) is 15.3 Å². The fourth-order valence-corrected chi connectivity index (χ4v) is 2.69. The van der Waals surface area contributed by atoms with Crippen LogP contribution in [0.25, 0.3) is 0 Å². The summed E-state index contributed by atoms with van der Waals surface area (Å²) in [6, 6.07) is -1.48. The second-order valence-corrected chi connectivity index (χ2v) is 5.79. The van der Waals surface area contributed by atoms with E-state index in [1.807, 2.05) is 6.92 Å². The van der Waals surface area contributed by atoms with Crippen LogP contribution in [0, 0.1) is 0 Å². The number of hydroxylamine groups is 2. The highest BCUT2D eigenvalue weighted by molar-refractivity contribution is 5.79. The van der Waals surface area contributed by atoms with Gasteiger partial charge in [0.1, 0.15) is 0 Å². The summed E-state index contributed by atoms with van der Waals surface area (Å²) in [5.41, 5.74) is 6.88. The van der Waals surface area contributed by atoms with E-state index >= 15 is 0 Å². The number of fused-ring (bicyclic) bond motifs is 2. The summed E-state index contributed by atoms with van der Waals surface area (Å²) >= 11 is 0. The van der Waals surface area contributed by atoms with E-state index in [-0.39, 0.29) is 0 Å². The van der Waals surface area contributed by atoms with Gasteiger partial charge in [-0.2, -0.15) is 5.06 Å². The Bertz CT molecular complexity index is 551. The van der Waals surface area contributed by atoms with Crippen molar-refractivity contribution < 1.29 is 23.6 Å². The highest BCUT2D eigenvalue weighted by atomic mass is 19.1. The molecule has 0 aromatic heterocycles. The molecule has 2 bridgehead atoms. The maximum Gasteiger partial charge on any atom is 0.371 e. The number of rotatable bonds is 6. The molecule has 0 aromatic rings. The van der Waals surface area contributed by atoms with Gasteiger partial charge < -0.3 is 15.4 Å². The van der Waals surface area contributed by atoms with E-state index in [1.54, 1.807) is 19.9 Å². The Labute approximate surface area is 134 Å². The van der Waals surface area contributed by atoms with E-state index in [0.717, 1.165) is 10.6 Å². The van der Waals surface area contributed by atoms with Crippen molar-refractivity contribution in [3.05, 3.63) is 23.9 Å². The van der Waals surface area contributed by atoms with Crippen LogP contribution in [-0.4, -0.2) is 53.1 Å². The van der Waals surface area contributed by atoms with E-state index in [1.165, 1.54) is 4.90 Å². The van der Waals surface area contributed by atoms with Gasteiger partial charge in [-0.05, 0) is 25.8 Å². The first-order valence-corrected chi connectivity index (χ1v) is 7.50. The third-order valence-electron chi connectivity index (χ3n) is 3.95. The number of halogens is 1. The molecule has 0 aromatic carbocycles.